The van der Waals surface area contributed by atoms with Gasteiger partial charge < -0.3 is 14.4 Å². The summed E-state index contributed by atoms with van der Waals surface area (Å²) in [7, 11) is 0. The molecule has 1 N–H and O–H groups in total. The van der Waals surface area contributed by atoms with E-state index in [9.17, 15) is 9.59 Å². The van der Waals surface area contributed by atoms with E-state index in [2.05, 4.69) is 0 Å². The Kier molecular flexibility index (Phi) is 3.78. The highest BCUT2D eigenvalue weighted by Crippen LogP contribution is 2.32. The smallest absolute Gasteiger partial charge is 0.308 e. The normalized spacial score (nSPS) is 21.3. The van der Waals surface area contributed by atoms with Crippen LogP contribution in [0.3, 0.4) is 0 Å². The van der Waals surface area contributed by atoms with Crippen molar-refractivity contribution in [3.8, 4) is 10.6 Å². The molecule has 5 nitrogen and oxygen atoms in total. The van der Waals surface area contributed by atoms with Crippen LogP contribution in [0.1, 0.15) is 28.8 Å². The van der Waals surface area contributed by atoms with E-state index in [0.717, 1.165) is 16.4 Å². The minimum atomic E-state index is -0.833. The number of nitrogens with zero attached hydrogens (tertiary/aromatic N) is 1. The number of aryl methyl sites for hydroxylation is 1. The van der Waals surface area contributed by atoms with Crippen LogP contribution in [-0.4, -0.2) is 34.5 Å². The van der Waals surface area contributed by atoms with E-state index in [1.807, 2.05) is 25.1 Å². The van der Waals surface area contributed by atoms with Gasteiger partial charge in [0.15, 0.2) is 0 Å². The molecular weight excluding hydrogens is 302 g/mol. The number of carbonyl (C=O) groups excluding carboxylic acids is 1. The molecule has 0 aromatic carbocycles. The van der Waals surface area contributed by atoms with Crippen LogP contribution in [0.15, 0.2) is 28.7 Å². The monoisotopic (exact) mass is 319 g/mol. The maximum atomic E-state index is 12.6. The van der Waals surface area contributed by atoms with Crippen molar-refractivity contribution in [1.29, 1.82) is 0 Å². The lowest BCUT2D eigenvalue weighted by Gasteiger charge is -2.22. The number of carbonyl (C=O) groups is 2. The van der Waals surface area contributed by atoms with Crippen LogP contribution in [0.2, 0.25) is 0 Å². The van der Waals surface area contributed by atoms with E-state index >= 15 is 0 Å². The number of hydrogen-bond donors (Lipinski definition) is 1. The molecule has 1 aliphatic heterocycles. The number of carboxylic acid groups (broad SMARTS) is 1. The first-order valence-corrected chi connectivity index (χ1v) is 7.99. The third-order valence-corrected chi connectivity index (χ3v) is 5.22. The molecule has 1 amide bonds. The third kappa shape index (κ3) is 2.54. The molecule has 22 heavy (non-hydrogen) atoms. The van der Waals surface area contributed by atoms with E-state index in [1.165, 1.54) is 11.3 Å². The highest BCUT2D eigenvalue weighted by Gasteiger charge is 2.38. The van der Waals surface area contributed by atoms with Crippen molar-refractivity contribution in [3.05, 3.63) is 34.9 Å². The summed E-state index contributed by atoms with van der Waals surface area (Å²) in [6, 6.07) is 7.14. The van der Waals surface area contributed by atoms with Gasteiger partial charge in [0.2, 0.25) is 0 Å². The Labute approximate surface area is 132 Å². The zero-order valence-electron chi connectivity index (χ0n) is 12.4. The number of hydrogen-bond acceptors (Lipinski definition) is 4. The first-order valence-electron chi connectivity index (χ1n) is 7.18. The van der Waals surface area contributed by atoms with Gasteiger partial charge in [-0.3, -0.25) is 9.59 Å². The predicted molar refractivity (Wildman–Crippen MR) is 83.0 cm³/mol. The number of likely N-dealkylation sites (tertiary alicyclic amines) is 1. The summed E-state index contributed by atoms with van der Waals surface area (Å²) in [6.45, 7) is 4.17. The molecule has 0 bridgehead atoms. The SMILES string of the molecule is Cc1ccc(-c2ccc(C(=O)N3CCC(C(=O)O)C3C)s2)o1. The van der Waals surface area contributed by atoms with Crippen molar-refractivity contribution < 1.29 is 19.1 Å². The number of furan rings is 1. The van der Waals surface area contributed by atoms with Gasteiger partial charge in [-0.15, -0.1) is 11.3 Å². The Hall–Kier alpha value is -2.08. The number of rotatable bonds is 3. The topological polar surface area (TPSA) is 70.8 Å². The quantitative estimate of drug-likeness (QED) is 0.942. The average Bonchev–Trinajstić information content (AvgIpc) is 3.16. The lowest BCUT2D eigenvalue weighted by atomic mass is 10.0. The summed E-state index contributed by atoms with van der Waals surface area (Å²) < 4.78 is 5.57. The second-order valence-corrected chi connectivity index (χ2v) is 6.63. The van der Waals surface area contributed by atoms with Gasteiger partial charge in [0.05, 0.1) is 15.7 Å². The largest absolute Gasteiger partial charge is 0.481 e. The van der Waals surface area contributed by atoms with E-state index in [1.54, 1.807) is 17.9 Å². The molecule has 0 aliphatic carbocycles. The standard InChI is InChI=1S/C16H17NO4S/c1-9-3-4-12(21-9)13-5-6-14(22-13)15(18)17-8-7-11(10(17)2)16(19)20/h3-6,10-11H,7-8H2,1-2H3,(H,19,20). The first kappa shape index (κ1) is 14.8. The van der Waals surface area contributed by atoms with Gasteiger partial charge >= 0.3 is 5.97 Å². The van der Waals surface area contributed by atoms with Gasteiger partial charge in [-0.25, -0.2) is 0 Å². The summed E-state index contributed by atoms with van der Waals surface area (Å²) in [4.78, 5) is 26.9. The highest BCUT2D eigenvalue weighted by molar-refractivity contribution is 7.17. The summed E-state index contributed by atoms with van der Waals surface area (Å²) >= 11 is 1.37. The molecule has 2 atom stereocenters. The minimum absolute atomic E-state index is 0.101. The van der Waals surface area contributed by atoms with Crippen LogP contribution in [-0.2, 0) is 4.79 Å². The van der Waals surface area contributed by atoms with E-state index in [4.69, 9.17) is 9.52 Å². The lowest BCUT2D eigenvalue weighted by molar-refractivity contribution is -0.142. The Morgan fingerprint density at radius 1 is 1.32 bits per heavy atom. The zero-order chi connectivity index (χ0) is 15.9. The molecule has 3 heterocycles. The van der Waals surface area contributed by atoms with E-state index in [-0.39, 0.29) is 11.9 Å². The first-order chi connectivity index (χ1) is 10.5. The molecule has 3 rings (SSSR count). The van der Waals surface area contributed by atoms with Crippen molar-refractivity contribution in [3.63, 3.8) is 0 Å². The van der Waals surface area contributed by atoms with Crippen molar-refractivity contribution in [1.82, 2.24) is 4.90 Å². The molecule has 0 radical (unpaired) electrons. The number of thiophene rings is 1. The third-order valence-electron chi connectivity index (χ3n) is 4.13. The van der Waals surface area contributed by atoms with Crippen molar-refractivity contribution in [2.45, 2.75) is 26.3 Å². The molecule has 116 valence electrons. The van der Waals surface area contributed by atoms with Gasteiger partial charge in [0, 0.05) is 12.6 Å². The molecule has 1 aliphatic rings. The van der Waals surface area contributed by atoms with Crippen LogP contribution in [0, 0.1) is 12.8 Å². The fourth-order valence-corrected chi connectivity index (χ4v) is 3.77. The van der Waals surface area contributed by atoms with Crippen LogP contribution < -0.4 is 0 Å². The lowest BCUT2D eigenvalue weighted by Crippen LogP contribution is -2.37. The van der Waals surface area contributed by atoms with E-state index in [0.29, 0.717) is 17.8 Å². The Morgan fingerprint density at radius 3 is 2.68 bits per heavy atom. The highest BCUT2D eigenvalue weighted by atomic mass is 32.1. The molecule has 0 spiro atoms. The molecule has 2 unspecified atom stereocenters. The molecule has 1 fully saturated rings. The minimum Gasteiger partial charge on any atom is -0.481 e. The van der Waals surface area contributed by atoms with Crippen LogP contribution in [0.25, 0.3) is 10.6 Å². The van der Waals surface area contributed by atoms with Crippen molar-refractivity contribution >= 4 is 23.2 Å². The zero-order valence-corrected chi connectivity index (χ0v) is 13.2. The molecule has 0 saturated carbocycles. The summed E-state index contributed by atoms with van der Waals surface area (Å²) in [6.07, 6.45) is 0.512. The Morgan fingerprint density at radius 2 is 2.09 bits per heavy atom. The molecule has 2 aromatic rings. The molecule has 1 saturated heterocycles. The Balaban J connectivity index is 1.79. The summed E-state index contributed by atoms with van der Waals surface area (Å²) in [5.74, 6) is 0.167. The van der Waals surface area contributed by atoms with Crippen LogP contribution in [0.5, 0.6) is 0 Å². The van der Waals surface area contributed by atoms with Gasteiger partial charge in [-0.1, -0.05) is 0 Å². The van der Waals surface area contributed by atoms with Gasteiger partial charge in [0.25, 0.3) is 5.91 Å². The Bertz CT molecular complexity index is 717. The molecule has 2 aromatic heterocycles. The fourth-order valence-electron chi connectivity index (χ4n) is 2.85. The van der Waals surface area contributed by atoms with Crippen molar-refractivity contribution in [2.75, 3.05) is 6.54 Å². The van der Waals surface area contributed by atoms with Crippen LogP contribution in [0.4, 0.5) is 0 Å². The van der Waals surface area contributed by atoms with Gasteiger partial charge in [-0.05, 0) is 44.5 Å². The summed E-state index contributed by atoms with van der Waals surface area (Å²) in [5, 5.41) is 9.16. The number of carboxylic acids is 1. The number of aliphatic carboxylic acids is 1. The maximum absolute atomic E-state index is 12.6. The van der Waals surface area contributed by atoms with E-state index < -0.39 is 11.9 Å². The maximum Gasteiger partial charge on any atom is 0.308 e. The van der Waals surface area contributed by atoms with Crippen molar-refractivity contribution in [2.24, 2.45) is 5.92 Å². The van der Waals surface area contributed by atoms with Gasteiger partial charge in [-0.2, -0.15) is 0 Å². The van der Waals surface area contributed by atoms with Gasteiger partial charge in [0.1, 0.15) is 11.5 Å². The second-order valence-electron chi connectivity index (χ2n) is 5.55. The molecular formula is C16H17NO4S. The van der Waals surface area contributed by atoms with Crippen LogP contribution >= 0.6 is 11.3 Å². The fraction of sp³-hybridized carbons (Fsp3) is 0.375. The predicted octanol–water partition coefficient (Wildman–Crippen LogP) is 3.25. The average molecular weight is 319 g/mol. The summed E-state index contributed by atoms with van der Waals surface area (Å²) in [5.41, 5.74) is 0. The second kappa shape index (κ2) is 5.61. The number of amides is 1. The molecule has 6 heteroatoms.